The number of ether oxygens (including phenoxy) is 1. The second kappa shape index (κ2) is 9.42. The Morgan fingerprint density at radius 3 is 2.70 bits per heavy atom. The quantitative estimate of drug-likeness (QED) is 0.268. The summed E-state index contributed by atoms with van der Waals surface area (Å²) < 4.78 is 5.61. The molecule has 0 fully saturated rings. The number of halogens is 1. The van der Waals surface area contributed by atoms with Crippen molar-refractivity contribution in [2.24, 2.45) is 5.10 Å². The normalized spacial score (nSPS) is 11.2. The molecule has 166 valence electrons. The van der Waals surface area contributed by atoms with E-state index in [2.05, 4.69) is 44.7 Å². The van der Waals surface area contributed by atoms with Crippen LogP contribution in [0.4, 0.5) is 0 Å². The molecule has 7 heteroatoms. The van der Waals surface area contributed by atoms with E-state index in [9.17, 15) is 9.90 Å². The number of aromatic hydroxyl groups is 1. The smallest absolute Gasteiger partial charge is 0.272 e. The molecule has 1 aromatic heterocycles. The van der Waals surface area contributed by atoms with Gasteiger partial charge in [-0.15, -0.1) is 0 Å². The maximum absolute atomic E-state index is 13.1. The number of amides is 1. The average Bonchev–Trinajstić information content (AvgIpc) is 2.81. The van der Waals surface area contributed by atoms with E-state index in [4.69, 9.17) is 9.72 Å². The molecule has 4 rings (SSSR count). The van der Waals surface area contributed by atoms with Crippen LogP contribution in [0.5, 0.6) is 11.5 Å². The van der Waals surface area contributed by atoms with Gasteiger partial charge in [-0.3, -0.25) is 4.79 Å². The Morgan fingerprint density at radius 2 is 1.91 bits per heavy atom. The van der Waals surface area contributed by atoms with Gasteiger partial charge in [0.1, 0.15) is 0 Å². The Hall–Kier alpha value is -3.71. The Morgan fingerprint density at radius 1 is 1.12 bits per heavy atom. The molecule has 6 nitrogen and oxygen atoms in total. The molecule has 0 unspecified atom stereocenters. The van der Waals surface area contributed by atoms with Crippen LogP contribution in [-0.2, 0) is 0 Å². The van der Waals surface area contributed by atoms with Crippen LogP contribution in [0.2, 0.25) is 0 Å². The van der Waals surface area contributed by atoms with E-state index in [0.29, 0.717) is 21.3 Å². The Labute approximate surface area is 200 Å². The van der Waals surface area contributed by atoms with Gasteiger partial charge in [-0.2, -0.15) is 5.10 Å². The number of aryl methyl sites for hydroxylation is 2. The summed E-state index contributed by atoms with van der Waals surface area (Å²) in [6.45, 7) is 4.06. The van der Waals surface area contributed by atoms with Crippen LogP contribution in [0.25, 0.3) is 22.2 Å². The number of hydrogen-bond donors (Lipinski definition) is 2. The molecule has 0 atom stereocenters. The first-order chi connectivity index (χ1) is 15.9. The molecule has 2 N–H and O–H groups in total. The Balaban J connectivity index is 1.69. The first kappa shape index (κ1) is 22.5. The van der Waals surface area contributed by atoms with Crippen molar-refractivity contribution in [2.45, 2.75) is 13.8 Å². The first-order valence-electron chi connectivity index (χ1n) is 10.2. The number of carbonyl (C=O) groups is 1. The summed E-state index contributed by atoms with van der Waals surface area (Å²) >= 11 is 3.28. The minimum atomic E-state index is -0.346. The molecule has 0 aliphatic rings. The van der Waals surface area contributed by atoms with E-state index in [1.54, 1.807) is 18.2 Å². The number of benzene rings is 3. The number of methoxy groups -OCH3 is 1. The predicted molar refractivity (Wildman–Crippen MR) is 134 cm³/mol. The summed E-state index contributed by atoms with van der Waals surface area (Å²) in [4.78, 5) is 17.9. The minimum Gasteiger partial charge on any atom is -0.503 e. The van der Waals surface area contributed by atoms with E-state index in [-0.39, 0.29) is 11.7 Å². The Bertz CT molecular complexity index is 1400. The van der Waals surface area contributed by atoms with Crippen LogP contribution >= 0.6 is 15.9 Å². The molecule has 0 bridgehead atoms. The maximum atomic E-state index is 13.1. The van der Waals surface area contributed by atoms with Gasteiger partial charge in [-0.05, 0) is 71.2 Å². The highest BCUT2D eigenvalue weighted by atomic mass is 79.9. The summed E-state index contributed by atoms with van der Waals surface area (Å²) in [6, 6.07) is 18.8. The maximum Gasteiger partial charge on any atom is 0.272 e. The number of rotatable bonds is 5. The molecular weight excluding hydrogens is 482 g/mol. The van der Waals surface area contributed by atoms with E-state index in [1.807, 2.05) is 38.1 Å². The molecular formula is C26H22BrN3O3. The molecule has 0 aliphatic carbocycles. The number of carbonyl (C=O) groups excluding carboxylic acids is 1. The number of phenolic OH excluding ortho intramolecular Hbond substituents is 1. The number of hydrazone groups is 1. The van der Waals surface area contributed by atoms with E-state index in [0.717, 1.165) is 33.3 Å². The monoisotopic (exact) mass is 503 g/mol. The molecule has 4 aromatic rings. The number of nitrogens with one attached hydrogen (secondary N) is 1. The fourth-order valence-corrected chi connectivity index (χ4v) is 4.02. The van der Waals surface area contributed by atoms with Crippen LogP contribution in [0.15, 0.2) is 70.2 Å². The number of para-hydroxylation sites is 1. The van der Waals surface area contributed by atoms with Gasteiger partial charge >= 0.3 is 0 Å². The van der Waals surface area contributed by atoms with Gasteiger partial charge in [0.2, 0.25) is 0 Å². The van der Waals surface area contributed by atoms with Gasteiger partial charge in [0.25, 0.3) is 5.91 Å². The molecule has 0 aliphatic heterocycles. The fourth-order valence-electron chi connectivity index (χ4n) is 3.56. The lowest BCUT2D eigenvalue weighted by atomic mass is 9.99. The van der Waals surface area contributed by atoms with Crippen molar-refractivity contribution >= 4 is 39.0 Å². The Kier molecular flexibility index (Phi) is 6.42. The fraction of sp³-hybridized carbons (Fsp3) is 0.115. The van der Waals surface area contributed by atoms with Crippen molar-refractivity contribution in [2.75, 3.05) is 7.11 Å². The van der Waals surface area contributed by atoms with E-state index in [1.165, 1.54) is 13.3 Å². The number of fused-ring (bicyclic) bond motifs is 1. The third-order valence-electron chi connectivity index (χ3n) is 5.28. The summed E-state index contributed by atoms with van der Waals surface area (Å²) in [5, 5.41) is 14.8. The number of aromatic nitrogens is 1. The van der Waals surface area contributed by atoms with Crippen molar-refractivity contribution in [3.63, 3.8) is 0 Å². The van der Waals surface area contributed by atoms with Crippen molar-refractivity contribution < 1.29 is 14.6 Å². The highest BCUT2D eigenvalue weighted by Crippen LogP contribution is 2.34. The summed E-state index contributed by atoms with van der Waals surface area (Å²) in [5.74, 6) is -0.0439. The van der Waals surface area contributed by atoms with Gasteiger partial charge in [-0.25, -0.2) is 10.4 Å². The second-order valence-corrected chi connectivity index (χ2v) is 8.50. The van der Waals surface area contributed by atoms with Crippen molar-refractivity contribution in [1.82, 2.24) is 10.4 Å². The third kappa shape index (κ3) is 4.73. The zero-order valence-electron chi connectivity index (χ0n) is 18.4. The summed E-state index contributed by atoms with van der Waals surface area (Å²) in [6.07, 6.45) is 1.49. The topological polar surface area (TPSA) is 83.8 Å². The van der Waals surface area contributed by atoms with Gasteiger partial charge in [0.15, 0.2) is 11.5 Å². The molecule has 0 radical (unpaired) electrons. The highest BCUT2D eigenvalue weighted by Gasteiger charge is 2.15. The zero-order valence-corrected chi connectivity index (χ0v) is 20.0. The molecule has 33 heavy (non-hydrogen) atoms. The first-order valence-corrected chi connectivity index (χ1v) is 11.0. The van der Waals surface area contributed by atoms with Crippen molar-refractivity contribution in [3.05, 3.63) is 87.4 Å². The van der Waals surface area contributed by atoms with Gasteiger partial charge < -0.3 is 9.84 Å². The van der Waals surface area contributed by atoms with Gasteiger partial charge in [0.05, 0.1) is 34.6 Å². The lowest BCUT2D eigenvalue weighted by Crippen LogP contribution is -2.18. The van der Waals surface area contributed by atoms with E-state index < -0.39 is 0 Å². The van der Waals surface area contributed by atoms with Crippen molar-refractivity contribution in [3.8, 4) is 22.8 Å². The lowest BCUT2D eigenvalue weighted by Gasteiger charge is -2.11. The van der Waals surface area contributed by atoms with Crippen LogP contribution in [0.3, 0.4) is 0 Å². The molecule has 3 aromatic carbocycles. The minimum absolute atomic E-state index is 0.000845. The third-order valence-corrected chi connectivity index (χ3v) is 5.88. The number of nitrogens with zero attached hydrogens (tertiary/aromatic N) is 2. The second-order valence-electron chi connectivity index (χ2n) is 7.64. The summed E-state index contributed by atoms with van der Waals surface area (Å²) in [5.41, 5.74) is 8.39. The number of phenols is 1. The van der Waals surface area contributed by atoms with Crippen LogP contribution in [0, 0.1) is 13.8 Å². The zero-order chi connectivity index (χ0) is 23.5. The number of pyridine rings is 1. The molecule has 0 saturated carbocycles. The lowest BCUT2D eigenvalue weighted by molar-refractivity contribution is 0.0956. The molecule has 0 saturated heterocycles. The van der Waals surface area contributed by atoms with Crippen LogP contribution in [0.1, 0.15) is 27.0 Å². The summed E-state index contributed by atoms with van der Waals surface area (Å²) in [7, 11) is 1.46. The van der Waals surface area contributed by atoms with Gasteiger partial charge in [-0.1, -0.05) is 35.9 Å². The largest absolute Gasteiger partial charge is 0.503 e. The van der Waals surface area contributed by atoms with Crippen LogP contribution < -0.4 is 10.2 Å². The number of hydrogen-bond acceptors (Lipinski definition) is 5. The molecule has 1 heterocycles. The highest BCUT2D eigenvalue weighted by molar-refractivity contribution is 9.10. The average molecular weight is 504 g/mol. The predicted octanol–water partition coefficient (Wildman–Crippen LogP) is 5.76. The molecule has 1 amide bonds. The van der Waals surface area contributed by atoms with Crippen molar-refractivity contribution in [1.29, 1.82) is 0 Å². The van der Waals surface area contributed by atoms with Gasteiger partial charge in [0, 0.05) is 10.9 Å². The van der Waals surface area contributed by atoms with Crippen LogP contribution in [-0.4, -0.2) is 29.3 Å². The molecule has 0 spiro atoms. The SMILES string of the molecule is COc1cc(/C=N\NC(=O)c2cc(-c3cc(C)ccc3C)nc3ccccc23)cc(Br)c1O. The van der Waals surface area contributed by atoms with E-state index >= 15 is 0 Å². The standard InChI is InChI=1S/C26H22BrN3O3/c1-15-8-9-16(2)19(10-15)23-13-20(18-6-4-5-7-22(18)29-23)26(32)30-28-14-17-11-21(27)25(31)24(12-17)33-3/h4-14,31H,1-3H3,(H,30,32)/b28-14-.